The summed E-state index contributed by atoms with van der Waals surface area (Å²) >= 11 is 0. The van der Waals surface area contributed by atoms with E-state index in [2.05, 4.69) is 0 Å². The molecular formula is C17H27NO3. The summed E-state index contributed by atoms with van der Waals surface area (Å²) in [5.41, 5.74) is 7.32. The Balaban J connectivity index is 2.33. The number of methoxy groups -OCH3 is 3. The van der Waals surface area contributed by atoms with Crippen LogP contribution in [0.3, 0.4) is 0 Å². The SMILES string of the molecule is COc1cc(OC)cc(C(N)C2(OC)CCCCCC2)c1. The molecule has 1 aliphatic rings. The third-order valence-electron chi connectivity index (χ3n) is 4.66. The average molecular weight is 293 g/mol. The Kier molecular flexibility index (Phi) is 5.48. The maximum atomic E-state index is 6.60. The highest BCUT2D eigenvalue weighted by atomic mass is 16.5. The molecule has 4 heteroatoms. The molecule has 0 aromatic heterocycles. The van der Waals surface area contributed by atoms with Gasteiger partial charge in [-0.3, -0.25) is 0 Å². The van der Waals surface area contributed by atoms with Gasteiger partial charge in [0.05, 0.1) is 25.9 Å². The van der Waals surface area contributed by atoms with Crippen molar-refractivity contribution in [2.24, 2.45) is 5.73 Å². The second-order valence-electron chi connectivity index (χ2n) is 5.81. The van der Waals surface area contributed by atoms with Gasteiger partial charge in [0.2, 0.25) is 0 Å². The van der Waals surface area contributed by atoms with E-state index in [0.717, 1.165) is 29.9 Å². The number of ether oxygens (including phenoxy) is 3. The van der Waals surface area contributed by atoms with Crippen molar-refractivity contribution in [2.45, 2.75) is 50.2 Å². The standard InChI is InChI=1S/C17H27NO3/c1-19-14-10-13(11-15(12-14)20-2)16(18)17(21-3)8-6-4-5-7-9-17/h10-12,16H,4-9,18H2,1-3H3. The van der Waals surface area contributed by atoms with Crippen molar-refractivity contribution in [3.63, 3.8) is 0 Å². The summed E-state index contributed by atoms with van der Waals surface area (Å²) in [5, 5.41) is 0. The predicted octanol–water partition coefficient (Wildman–Crippen LogP) is 3.44. The third-order valence-corrected chi connectivity index (χ3v) is 4.66. The minimum Gasteiger partial charge on any atom is -0.497 e. The Morgan fingerprint density at radius 2 is 1.43 bits per heavy atom. The lowest BCUT2D eigenvalue weighted by Crippen LogP contribution is -2.42. The summed E-state index contributed by atoms with van der Waals surface area (Å²) in [7, 11) is 5.09. The first-order chi connectivity index (χ1) is 10.1. The molecule has 0 spiro atoms. The second kappa shape index (κ2) is 7.14. The molecule has 4 nitrogen and oxygen atoms in total. The molecule has 0 heterocycles. The van der Waals surface area contributed by atoms with Crippen LogP contribution in [0.5, 0.6) is 11.5 Å². The number of benzene rings is 1. The number of hydrogen-bond acceptors (Lipinski definition) is 4. The molecule has 1 aromatic rings. The summed E-state index contributed by atoms with van der Waals surface area (Å²) in [4.78, 5) is 0. The van der Waals surface area contributed by atoms with Crippen LogP contribution in [0.15, 0.2) is 18.2 Å². The Bertz CT molecular complexity index is 431. The van der Waals surface area contributed by atoms with E-state index >= 15 is 0 Å². The fourth-order valence-electron chi connectivity index (χ4n) is 3.28. The van der Waals surface area contributed by atoms with E-state index in [1.54, 1.807) is 21.3 Å². The Morgan fingerprint density at radius 1 is 0.905 bits per heavy atom. The van der Waals surface area contributed by atoms with Crippen molar-refractivity contribution in [3.8, 4) is 11.5 Å². The van der Waals surface area contributed by atoms with Crippen molar-refractivity contribution >= 4 is 0 Å². The molecule has 0 amide bonds. The van der Waals surface area contributed by atoms with Crippen molar-refractivity contribution < 1.29 is 14.2 Å². The lowest BCUT2D eigenvalue weighted by atomic mass is 9.82. The highest BCUT2D eigenvalue weighted by molar-refractivity contribution is 5.40. The van der Waals surface area contributed by atoms with Crippen LogP contribution in [0.25, 0.3) is 0 Å². The van der Waals surface area contributed by atoms with Crippen LogP contribution in [-0.2, 0) is 4.74 Å². The van der Waals surface area contributed by atoms with E-state index in [1.165, 1.54) is 25.7 Å². The molecule has 0 bridgehead atoms. The molecule has 21 heavy (non-hydrogen) atoms. The zero-order chi connectivity index (χ0) is 15.3. The van der Waals surface area contributed by atoms with E-state index < -0.39 is 0 Å². The number of hydrogen-bond donors (Lipinski definition) is 1. The van der Waals surface area contributed by atoms with Crippen LogP contribution in [0, 0.1) is 0 Å². The van der Waals surface area contributed by atoms with Crippen molar-refractivity contribution in [1.29, 1.82) is 0 Å². The van der Waals surface area contributed by atoms with Gasteiger partial charge < -0.3 is 19.9 Å². The summed E-state index contributed by atoms with van der Waals surface area (Å²) in [6.45, 7) is 0. The summed E-state index contributed by atoms with van der Waals surface area (Å²) in [6.07, 6.45) is 6.87. The molecule has 1 aliphatic carbocycles. The highest BCUT2D eigenvalue weighted by Crippen LogP contribution is 2.40. The van der Waals surface area contributed by atoms with Gasteiger partial charge in [0.1, 0.15) is 11.5 Å². The first-order valence-corrected chi connectivity index (χ1v) is 7.69. The molecule has 1 unspecified atom stereocenters. The minimum absolute atomic E-state index is 0.176. The van der Waals surface area contributed by atoms with Gasteiger partial charge in [-0.25, -0.2) is 0 Å². The van der Waals surface area contributed by atoms with E-state index in [-0.39, 0.29) is 11.6 Å². The van der Waals surface area contributed by atoms with E-state index in [9.17, 15) is 0 Å². The zero-order valence-electron chi connectivity index (χ0n) is 13.4. The summed E-state index contributed by atoms with van der Waals surface area (Å²) in [6, 6.07) is 5.66. The smallest absolute Gasteiger partial charge is 0.122 e. The van der Waals surface area contributed by atoms with Gasteiger partial charge in [-0.1, -0.05) is 25.7 Å². The molecule has 1 atom stereocenters. The molecule has 118 valence electrons. The van der Waals surface area contributed by atoms with Crippen LogP contribution in [0.2, 0.25) is 0 Å². The molecule has 0 radical (unpaired) electrons. The largest absolute Gasteiger partial charge is 0.497 e. The minimum atomic E-state index is -0.284. The molecule has 0 saturated heterocycles. The molecule has 1 aromatic carbocycles. The maximum absolute atomic E-state index is 6.60. The summed E-state index contributed by atoms with van der Waals surface area (Å²) in [5.74, 6) is 1.53. The van der Waals surface area contributed by atoms with Crippen LogP contribution in [0.1, 0.15) is 50.1 Å². The van der Waals surface area contributed by atoms with Crippen LogP contribution < -0.4 is 15.2 Å². The predicted molar refractivity (Wildman–Crippen MR) is 83.9 cm³/mol. The van der Waals surface area contributed by atoms with Crippen molar-refractivity contribution in [3.05, 3.63) is 23.8 Å². The van der Waals surface area contributed by atoms with Gasteiger partial charge >= 0.3 is 0 Å². The maximum Gasteiger partial charge on any atom is 0.122 e. The monoisotopic (exact) mass is 293 g/mol. The van der Waals surface area contributed by atoms with Crippen LogP contribution in [0.4, 0.5) is 0 Å². The van der Waals surface area contributed by atoms with E-state index in [0.29, 0.717) is 0 Å². The van der Waals surface area contributed by atoms with Gasteiger partial charge in [0.25, 0.3) is 0 Å². The average Bonchev–Trinajstić information content (AvgIpc) is 2.80. The van der Waals surface area contributed by atoms with Gasteiger partial charge in [-0.05, 0) is 30.5 Å². The van der Waals surface area contributed by atoms with Gasteiger partial charge in [0, 0.05) is 13.2 Å². The van der Waals surface area contributed by atoms with E-state index in [1.807, 2.05) is 18.2 Å². The lowest BCUT2D eigenvalue weighted by Gasteiger charge is -2.37. The van der Waals surface area contributed by atoms with Gasteiger partial charge in [-0.15, -0.1) is 0 Å². The van der Waals surface area contributed by atoms with Crippen LogP contribution in [-0.4, -0.2) is 26.9 Å². The Morgan fingerprint density at radius 3 is 1.86 bits per heavy atom. The number of rotatable bonds is 5. The van der Waals surface area contributed by atoms with Crippen molar-refractivity contribution in [2.75, 3.05) is 21.3 Å². The molecule has 1 fully saturated rings. The third kappa shape index (κ3) is 3.50. The number of nitrogens with two attached hydrogens (primary N) is 1. The molecule has 0 aliphatic heterocycles. The first kappa shape index (κ1) is 16.1. The second-order valence-corrected chi connectivity index (χ2v) is 5.81. The van der Waals surface area contributed by atoms with Crippen LogP contribution >= 0.6 is 0 Å². The van der Waals surface area contributed by atoms with E-state index in [4.69, 9.17) is 19.9 Å². The highest BCUT2D eigenvalue weighted by Gasteiger charge is 2.38. The Hall–Kier alpha value is -1.26. The molecule has 2 rings (SSSR count). The fourth-order valence-corrected chi connectivity index (χ4v) is 3.28. The molecule has 1 saturated carbocycles. The normalized spacial score (nSPS) is 19.6. The van der Waals surface area contributed by atoms with Gasteiger partial charge in [-0.2, -0.15) is 0 Å². The zero-order valence-corrected chi connectivity index (χ0v) is 13.4. The first-order valence-electron chi connectivity index (χ1n) is 7.69. The topological polar surface area (TPSA) is 53.7 Å². The van der Waals surface area contributed by atoms with Crippen molar-refractivity contribution in [1.82, 2.24) is 0 Å². The fraction of sp³-hybridized carbons (Fsp3) is 0.647. The Labute approximate surface area is 127 Å². The lowest BCUT2D eigenvalue weighted by molar-refractivity contribution is -0.0442. The van der Waals surface area contributed by atoms with Gasteiger partial charge in [0.15, 0.2) is 0 Å². The quantitative estimate of drug-likeness (QED) is 0.845. The molecule has 2 N–H and O–H groups in total. The summed E-state index contributed by atoms with van der Waals surface area (Å²) < 4.78 is 16.6. The molecular weight excluding hydrogens is 266 g/mol.